The predicted octanol–water partition coefficient (Wildman–Crippen LogP) is 3.25. The minimum Gasteiger partial charge on any atom is -0.340 e. The minimum atomic E-state index is 0.901. The van der Waals surface area contributed by atoms with Gasteiger partial charge in [0.05, 0.1) is 23.9 Å². The van der Waals surface area contributed by atoms with E-state index in [0.717, 1.165) is 28.2 Å². The van der Waals surface area contributed by atoms with Crippen LogP contribution in [0, 0.1) is 0 Å². The van der Waals surface area contributed by atoms with Crippen LogP contribution in [0.15, 0.2) is 55.5 Å². The third-order valence-corrected chi connectivity index (χ3v) is 4.40. The molecule has 0 aliphatic heterocycles. The topological polar surface area (TPSA) is 56.4 Å². The van der Waals surface area contributed by atoms with Crippen LogP contribution in [0.25, 0.3) is 39.0 Å². The summed E-state index contributed by atoms with van der Waals surface area (Å²) in [6, 6.07) is 8.46. The number of fused-ring (bicyclic) bond motifs is 3. The molecule has 0 amide bonds. The largest absolute Gasteiger partial charge is 0.340 e. The van der Waals surface area contributed by atoms with Gasteiger partial charge in [-0.25, -0.2) is 9.97 Å². The first-order valence-electron chi connectivity index (χ1n) is 7.79. The molecule has 5 rings (SSSR count). The Morgan fingerprint density at radius 3 is 2.50 bits per heavy atom. The molecule has 0 atom stereocenters. The maximum Gasteiger partial charge on any atom is 0.156 e. The Morgan fingerprint density at radius 1 is 0.917 bits per heavy atom. The average Bonchev–Trinajstić information content (AvgIpc) is 3.30. The number of para-hydroxylation sites is 1. The molecule has 0 aliphatic carbocycles. The molecular formula is C18H16N6. The second kappa shape index (κ2) is 4.61. The number of nitrogens with one attached hydrogen (secondary N) is 1. The molecule has 4 heterocycles. The van der Waals surface area contributed by atoms with E-state index >= 15 is 0 Å². The Hall–Kier alpha value is -3.28. The Labute approximate surface area is 138 Å². The summed E-state index contributed by atoms with van der Waals surface area (Å²) in [5, 5.41) is 2.39. The van der Waals surface area contributed by atoms with Gasteiger partial charge in [-0.2, -0.15) is 0 Å². The molecule has 1 N–H and O–H groups in total. The lowest BCUT2D eigenvalue weighted by Gasteiger charge is -2.00. The Kier molecular flexibility index (Phi) is 2.53. The fourth-order valence-corrected chi connectivity index (χ4v) is 3.29. The van der Waals surface area contributed by atoms with Gasteiger partial charge in [0.2, 0.25) is 0 Å². The normalized spacial score (nSPS) is 11.8. The summed E-state index contributed by atoms with van der Waals surface area (Å²) < 4.78 is 5.99. The molecule has 0 unspecified atom stereocenters. The van der Waals surface area contributed by atoms with E-state index in [2.05, 4.69) is 50.0 Å². The van der Waals surface area contributed by atoms with E-state index in [1.54, 1.807) is 0 Å². The quantitative estimate of drug-likeness (QED) is 0.543. The fraction of sp³-hybridized carbons (Fsp3) is 0.111. The van der Waals surface area contributed by atoms with Gasteiger partial charge < -0.3 is 14.1 Å². The van der Waals surface area contributed by atoms with Crippen molar-refractivity contribution in [1.82, 2.24) is 28.7 Å². The van der Waals surface area contributed by atoms with Crippen molar-refractivity contribution < 1.29 is 0 Å². The maximum absolute atomic E-state index is 4.50. The maximum atomic E-state index is 4.50. The van der Waals surface area contributed by atoms with Crippen LogP contribution in [0.3, 0.4) is 0 Å². The van der Waals surface area contributed by atoms with Gasteiger partial charge in [0.25, 0.3) is 0 Å². The first-order chi connectivity index (χ1) is 11.7. The van der Waals surface area contributed by atoms with Gasteiger partial charge in [0.15, 0.2) is 5.82 Å². The summed E-state index contributed by atoms with van der Waals surface area (Å²) in [5.74, 6) is 0.901. The van der Waals surface area contributed by atoms with Crippen molar-refractivity contribution in [2.75, 3.05) is 0 Å². The molecule has 0 fully saturated rings. The molecule has 0 bridgehead atoms. The van der Waals surface area contributed by atoms with Crippen LogP contribution in [-0.2, 0) is 14.1 Å². The number of hydrogen-bond donors (Lipinski definition) is 1. The lowest BCUT2D eigenvalue weighted by atomic mass is 10.1. The van der Waals surface area contributed by atoms with Crippen LogP contribution in [0.2, 0.25) is 0 Å². The zero-order valence-electron chi connectivity index (χ0n) is 13.4. The number of aromatic amines is 1. The lowest BCUT2D eigenvalue weighted by molar-refractivity contribution is 0.912. The molecule has 0 aliphatic rings. The highest BCUT2D eigenvalue weighted by Gasteiger charge is 2.14. The van der Waals surface area contributed by atoms with Crippen molar-refractivity contribution in [2.45, 2.75) is 0 Å². The highest BCUT2D eigenvalue weighted by molar-refractivity contribution is 6.11. The smallest absolute Gasteiger partial charge is 0.156 e. The molecule has 5 aromatic rings. The summed E-state index contributed by atoms with van der Waals surface area (Å²) in [5.41, 5.74) is 4.23. The number of aryl methyl sites for hydroxylation is 2. The van der Waals surface area contributed by atoms with E-state index < -0.39 is 0 Å². The zero-order valence-corrected chi connectivity index (χ0v) is 13.4. The van der Waals surface area contributed by atoms with Gasteiger partial charge in [-0.3, -0.25) is 4.57 Å². The highest BCUT2D eigenvalue weighted by Crippen LogP contribution is 2.33. The summed E-state index contributed by atoms with van der Waals surface area (Å²) in [6.07, 6.45) is 9.72. The van der Waals surface area contributed by atoms with Crippen molar-refractivity contribution in [2.24, 2.45) is 14.1 Å². The molecule has 0 saturated heterocycles. The van der Waals surface area contributed by atoms with Crippen LogP contribution in [0.1, 0.15) is 0 Å². The molecule has 0 spiro atoms. The van der Waals surface area contributed by atoms with Crippen LogP contribution in [0.5, 0.6) is 0 Å². The second-order valence-corrected chi connectivity index (χ2v) is 6.12. The number of imidazole rings is 2. The van der Waals surface area contributed by atoms with Gasteiger partial charge in [0, 0.05) is 49.0 Å². The van der Waals surface area contributed by atoms with Crippen LogP contribution >= 0.6 is 0 Å². The minimum absolute atomic E-state index is 0.901. The Balaban J connectivity index is 1.80. The summed E-state index contributed by atoms with van der Waals surface area (Å²) >= 11 is 0. The zero-order chi connectivity index (χ0) is 16.3. The van der Waals surface area contributed by atoms with Gasteiger partial charge in [0.1, 0.15) is 5.65 Å². The van der Waals surface area contributed by atoms with Crippen molar-refractivity contribution >= 4 is 21.9 Å². The van der Waals surface area contributed by atoms with Crippen molar-refractivity contribution in [1.29, 1.82) is 0 Å². The Bertz CT molecular complexity index is 1180. The number of benzene rings is 1. The first-order valence-corrected chi connectivity index (χ1v) is 7.79. The van der Waals surface area contributed by atoms with Crippen LogP contribution in [-0.4, -0.2) is 28.7 Å². The third kappa shape index (κ3) is 1.76. The van der Waals surface area contributed by atoms with Crippen molar-refractivity contribution in [3.63, 3.8) is 0 Å². The molecule has 0 radical (unpaired) electrons. The number of aromatic nitrogens is 6. The average molecular weight is 316 g/mol. The van der Waals surface area contributed by atoms with E-state index in [0.29, 0.717) is 0 Å². The standard InChI is InChI=1S/C18H16N6/c1-22-8-15(19-10-22)14-5-3-4-12-13-6-7-24(18(13)21-17(12)14)16-9-23(2)11-20-16/h3-11,21H,1-2H3. The molecule has 6 heteroatoms. The fourth-order valence-electron chi connectivity index (χ4n) is 3.29. The molecule has 4 aromatic heterocycles. The number of hydrogen-bond acceptors (Lipinski definition) is 2. The van der Waals surface area contributed by atoms with E-state index in [1.165, 1.54) is 10.8 Å². The molecule has 118 valence electrons. The number of rotatable bonds is 2. The molecular weight excluding hydrogens is 300 g/mol. The van der Waals surface area contributed by atoms with E-state index in [1.807, 2.05) is 48.3 Å². The molecule has 6 nitrogen and oxygen atoms in total. The lowest BCUT2D eigenvalue weighted by Crippen LogP contribution is -1.92. The predicted molar refractivity (Wildman–Crippen MR) is 94.1 cm³/mol. The van der Waals surface area contributed by atoms with Crippen LogP contribution < -0.4 is 0 Å². The molecule has 1 aromatic carbocycles. The van der Waals surface area contributed by atoms with Gasteiger partial charge in [-0.05, 0) is 6.07 Å². The van der Waals surface area contributed by atoms with E-state index in [4.69, 9.17) is 0 Å². The van der Waals surface area contributed by atoms with Crippen LogP contribution in [0.4, 0.5) is 0 Å². The molecule has 24 heavy (non-hydrogen) atoms. The van der Waals surface area contributed by atoms with Gasteiger partial charge in [-0.15, -0.1) is 0 Å². The number of H-pyrrole nitrogens is 1. The Morgan fingerprint density at radius 2 is 1.75 bits per heavy atom. The highest BCUT2D eigenvalue weighted by atomic mass is 15.2. The van der Waals surface area contributed by atoms with Crippen molar-refractivity contribution in [3.8, 4) is 17.1 Å². The first kappa shape index (κ1) is 13.2. The van der Waals surface area contributed by atoms with Gasteiger partial charge >= 0.3 is 0 Å². The van der Waals surface area contributed by atoms with E-state index in [9.17, 15) is 0 Å². The summed E-state index contributed by atoms with van der Waals surface area (Å²) in [7, 11) is 3.96. The van der Waals surface area contributed by atoms with Gasteiger partial charge in [-0.1, -0.05) is 18.2 Å². The third-order valence-electron chi connectivity index (χ3n) is 4.40. The summed E-state index contributed by atoms with van der Waals surface area (Å²) in [6.45, 7) is 0. The molecule has 0 saturated carbocycles. The number of nitrogens with zero attached hydrogens (tertiary/aromatic N) is 5. The van der Waals surface area contributed by atoms with Crippen molar-refractivity contribution in [3.05, 3.63) is 55.5 Å². The SMILES string of the molecule is Cn1cnc(-c2cccc3c2[nH]c2c3ccn2-c2cn(C)cn2)c1. The second-order valence-electron chi connectivity index (χ2n) is 6.12. The monoisotopic (exact) mass is 316 g/mol. The summed E-state index contributed by atoms with van der Waals surface area (Å²) in [4.78, 5) is 12.5. The van der Waals surface area contributed by atoms with E-state index in [-0.39, 0.29) is 0 Å².